The molecule has 4 rings (SSSR count). The fourth-order valence-electron chi connectivity index (χ4n) is 4.21. The van der Waals surface area contributed by atoms with Crippen LogP contribution in [0.4, 0.5) is 5.69 Å². The lowest BCUT2D eigenvalue weighted by atomic mass is 10.0. The minimum absolute atomic E-state index is 0.0515. The summed E-state index contributed by atoms with van der Waals surface area (Å²) in [6.07, 6.45) is 4.62. The molecule has 1 aromatic heterocycles. The van der Waals surface area contributed by atoms with E-state index in [2.05, 4.69) is 20.7 Å². The molecule has 34 heavy (non-hydrogen) atoms. The Hall–Kier alpha value is -3.23. The predicted molar refractivity (Wildman–Crippen MR) is 133 cm³/mol. The zero-order valence-corrected chi connectivity index (χ0v) is 20.1. The van der Waals surface area contributed by atoms with Crippen LogP contribution >= 0.6 is 0 Å². The van der Waals surface area contributed by atoms with Crippen LogP contribution in [0.5, 0.6) is 0 Å². The normalized spacial score (nSPS) is 15.1. The van der Waals surface area contributed by atoms with E-state index in [9.17, 15) is 13.2 Å². The van der Waals surface area contributed by atoms with Gasteiger partial charge in [-0.25, -0.2) is 8.42 Å². The average molecular weight is 479 g/mol. The second-order valence-corrected chi connectivity index (χ2v) is 10.2. The SMILES string of the molecule is CN(C(=O)c1ccc(NS(=O)(=O)c2ccccc2)cc1)C1CCN(CCc2ccccn2)CC1. The van der Waals surface area contributed by atoms with E-state index in [4.69, 9.17) is 0 Å². The van der Waals surface area contributed by atoms with Gasteiger partial charge in [-0.05, 0) is 61.4 Å². The Morgan fingerprint density at radius 3 is 2.32 bits per heavy atom. The van der Waals surface area contributed by atoms with Crippen molar-refractivity contribution in [3.05, 3.63) is 90.3 Å². The largest absolute Gasteiger partial charge is 0.339 e. The summed E-state index contributed by atoms with van der Waals surface area (Å²) in [5.41, 5.74) is 2.07. The molecular formula is C26H30N4O3S. The number of benzene rings is 2. The van der Waals surface area contributed by atoms with Gasteiger partial charge in [0, 0.05) is 62.3 Å². The third-order valence-corrected chi connectivity index (χ3v) is 7.67. The molecule has 178 valence electrons. The van der Waals surface area contributed by atoms with Gasteiger partial charge in [0.2, 0.25) is 0 Å². The zero-order chi connectivity index (χ0) is 24.0. The Bertz CT molecular complexity index is 1180. The van der Waals surface area contributed by atoms with Crippen LogP contribution in [0.1, 0.15) is 28.9 Å². The third-order valence-electron chi connectivity index (χ3n) is 6.27. The lowest BCUT2D eigenvalue weighted by Crippen LogP contribution is -2.46. The Labute approximate surface area is 201 Å². The number of carbonyl (C=O) groups is 1. The molecule has 1 N–H and O–H groups in total. The van der Waals surface area contributed by atoms with Crippen LogP contribution in [0, 0.1) is 0 Å². The van der Waals surface area contributed by atoms with E-state index in [1.54, 1.807) is 54.6 Å². The highest BCUT2D eigenvalue weighted by molar-refractivity contribution is 7.92. The van der Waals surface area contributed by atoms with E-state index >= 15 is 0 Å². The summed E-state index contributed by atoms with van der Waals surface area (Å²) in [5, 5.41) is 0. The first kappa shape index (κ1) is 23.9. The number of likely N-dealkylation sites (tertiary alicyclic amines) is 1. The molecule has 0 radical (unpaired) electrons. The lowest BCUT2D eigenvalue weighted by Gasteiger charge is -2.36. The van der Waals surface area contributed by atoms with Crippen molar-refractivity contribution in [3.8, 4) is 0 Å². The zero-order valence-electron chi connectivity index (χ0n) is 19.3. The fraction of sp³-hybridized carbons (Fsp3) is 0.308. The quantitative estimate of drug-likeness (QED) is 0.534. The summed E-state index contributed by atoms with van der Waals surface area (Å²) in [5.74, 6) is -0.0515. The molecule has 0 aliphatic carbocycles. The molecule has 1 aliphatic rings. The molecular weight excluding hydrogens is 448 g/mol. The van der Waals surface area contributed by atoms with E-state index in [1.165, 1.54) is 0 Å². The van der Waals surface area contributed by atoms with Gasteiger partial charge in [0.05, 0.1) is 4.90 Å². The highest BCUT2D eigenvalue weighted by Crippen LogP contribution is 2.20. The van der Waals surface area contributed by atoms with E-state index in [0.29, 0.717) is 11.3 Å². The van der Waals surface area contributed by atoms with Gasteiger partial charge in [-0.2, -0.15) is 0 Å². The summed E-state index contributed by atoms with van der Waals surface area (Å²) in [6.45, 7) is 2.88. The van der Waals surface area contributed by atoms with Crippen LogP contribution < -0.4 is 4.72 Å². The van der Waals surface area contributed by atoms with E-state index in [-0.39, 0.29) is 16.8 Å². The molecule has 1 amide bonds. The van der Waals surface area contributed by atoms with Crippen LogP contribution in [0.25, 0.3) is 0 Å². The first-order valence-electron chi connectivity index (χ1n) is 11.5. The van der Waals surface area contributed by atoms with Crippen molar-refractivity contribution in [1.29, 1.82) is 0 Å². The van der Waals surface area contributed by atoms with Crippen molar-refractivity contribution >= 4 is 21.6 Å². The highest BCUT2D eigenvalue weighted by Gasteiger charge is 2.26. The Morgan fingerprint density at radius 1 is 1.00 bits per heavy atom. The summed E-state index contributed by atoms with van der Waals surface area (Å²) < 4.78 is 27.5. The summed E-state index contributed by atoms with van der Waals surface area (Å²) >= 11 is 0. The number of aromatic nitrogens is 1. The second kappa shape index (κ2) is 10.8. The van der Waals surface area contributed by atoms with Gasteiger partial charge in [0.25, 0.3) is 15.9 Å². The second-order valence-electron chi connectivity index (χ2n) is 8.56. The van der Waals surface area contributed by atoms with Gasteiger partial charge in [-0.15, -0.1) is 0 Å². The first-order valence-corrected chi connectivity index (χ1v) is 13.0. The van der Waals surface area contributed by atoms with Crippen molar-refractivity contribution in [2.75, 3.05) is 31.4 Å². The van der Waals surface area contributed by atoms with Crippen molar-refractivity contribution in [2.24, 2.45) is 0 Å². The van der Waals surface area contributed by atoms with E-state index in [1.807, 2.05) is 30.3 Å². The number of hydrogen-bond donors (Lipinski definition) is 1. The average Bonchev–Trinajstić information content (AvgIpc) is 2.88. The van der Waals surface area contributed by atoms with Crippen LogP contribution in [0.15, 0.2) is 83.9 Å². The maximum atomic E-state index is 13.0. The number of nitrogens with zero attached hydrogens (tertiary/aromatic N) is 3. The fourth-order valence-corrected chi connectivity index (χ4v) is 5.29. The molecule has 3 aromatic rings. The number of carbonyl (C=O) groups excluding carboxylic acids is 1. The standard InChI is InChI=1S/C26H30N4O3S/c1-29(24-15-19-30(20-16-24)18-14-22-7-5-6-17-27-22)26(31)21-10-12-23(13-11-21)28-34(32,33)25-8-3-2-4-9-25/h2-13,17,24,28H,14-16,18-20H2,1H3. The number of piperidine rings is 1. The highest BCUT2D eigenvalue weighted by atomic mass is 32.2. The Balaban J connectivity index is 1.29. The number of pyridine rings is 1. The number of rotatable bonds is 8. The van der Waals surface area contributed by atoms with Crippen LogP contribution in [0.2, 0.25) is 0 Å². The molecule has 0 atom stereocenters. The molecule has 0 saturated carbocycles. The molecule has 1 aliphatic heterocycles. The minimum atomic E-state index is -3.66. The molecule has 2 aromatic carbocycles. The van der Waals surface area contributed by atoms with E-state index in [0.717, 1.165) is 44.6 Å². The number of hydrogen-bond acceptors (Lipinski definition) is 5. The van der Waals surface area contributed by atoms with Gasteiger partial charge in [0.1, 0.15) is 0 Å². The van der Waals surface area contributed by atoms with Gasteiger partial charge >= 0.3 is 0 Å². The number of anilines is 1. The minimum Gasteiger partial charge on any atom is -0.339 e. The van der Waals surface area contributed by atoms with Crippen LogP contribution in [-0.4, -0.2) is 61.8 Å². The van der Waals surface area contributed by atoms with Crippen LogP contribution in [-0.2, 0) is 16.4 Å². The smallest absolute Gasteiger partial charge is 0.261 e. The van der Waals surface area contributed by atoms with Gasteiger partial charge in [0.15, 0.2) is 0 Å². The Morgan fingerprint density at radius 2 is 1.68 bits per heavy atom. The van der Waals surface area contributed by atoms with Gasteiger partial charge in [-0.1, -0.05) is 24.3 Å². The molecule has 7 nitrogen and oxygen atoms in total. The monoisotopic (exact) mass is 478 g/mol. The number of nitrogens with one attached hydrogen (secondary N) is 1. The van der Waals surface area contributed by atoms with Gasteiger partial charge < -0.3 is 9.80 Å². The van der Waals surface area contributed by atoms with Crippen LogP contribution in [0.3, 0.4) is 0 Å². The van der Waals surface area contributed by atoms with Crippen molar-refractivity contribution in [2.45, 2.75) is 30.2 Å². The number of amides is 1. The molecule has 0 unspecified atom stereocenters. The lowest BCUT2D eigenvalue weighted by molar-refractivity contribution is 0.0643. The number of sulfonamides is 1. The summed E-state index contributed by atoms with van der Waals surface area (Å²) in [6, 6.07) is 21.0. The topological polar surface area (TPSA) is 82.6 Å². The third kappa shape index (κ3) is 6.01. The summed E-state index contributed by atoms with van der Waals surface area (Å²) in [7, 11) is -1.81. The molecule has 8 heteroatoms. The molecule has 1 fully saturated rings. The molecule has 2 heterocycles. The molecule has 1 saturated heterocycles. The van der Waals surface area contributed by atoms with Crippen molar-refractivity contribution < 1.29 is 13.2 Å². The Kier molecular flexibility index (Phi) is 7.59. The maximum Gasteiger partial charge on any atom is 0.261 e. The van der Waals surface area contributed by atoms with Crippen molar-refractivity contribution in [3.63, 3.8) is 0 Å². The van der Waals surface area contributed by atoms with Crippen molar-refractivity contribution in [1.82, 2.24) is 14.8 Å². The molecule has 0 spiro atoms. The first-order chi connectivity index (χ1) is 16.4. The molecule has 0 bridgehead atoms. The van der Waals surface area contributed by atoms with E-state index < -0.39 is 10.0 Å². The predicted octanol–water partition coefficient (Wildman–Crippen LogP) is 3.66. The van der Waals surface area contributed by atoms with Gasteiger partial charge in [-0.3, -0.25) is 14.5 Å². The maximum absolute atomic E-state index is 13.0. The summed E-state index contributed by atoms with van der Waals surface area (Å²) in [4.78, 5) is 21.8.